The summed E-state index contributed by atoms with van der Waals surface area (Å²) in [6, 6.07) is 18.2. The number of benzene rings is 2. The SMILES string of the molecule is COCOc1cc(F)ccc1-c1cc(-c2cccc(Br)c2)c(C#N)c(NC(=O)c2ccco2)n1. The molecule has 1 N–H and O–H groups in total. The molecule has 2 heterocycles. The van der Waals surface area contributed by atoms with Crippen LogP contribution in [0.5, 0.6) is 5.75 Å². The van der Waals surface area contributed by atoms with Crippen LogP contribution < -0.4 is 10.1 Å². The van der Waals surface area contributed by atoms with Crippen molar-refractivity contribution in [3.63, 3.8) is 0 Å². The minimum absolute atomic E-state index is 0.0263. The number of carbonyl (C=O) groups excluding carboxylic acids is 1. The molecule has 4 rings (SSSR count). The molecule has 0 spiro atoms. The first kappa shape index (κ1) is 23.2. The van der Waals surface area contributed by atoms with Gasteiger partial charge in [-0.3, -0.25) is 4.79 Å². The van der Waals surface area contributed by atoms with E-state index >= 15 is 0 Å². The quantitative estimate of drug-likeness (QED) is 0.299. The number of nitrogens with zero attached hydrogens (tertiary/aromatic N) is 2. The molecule has 2 aromatic carbocycles. The van der Waals surface area contributed by atoms with Gasteiger partial charge in [-0.15, -0.1) is 0 Å². The molecule has 0 unspecified atom stereocenters. The van der Waals surface area contributed by atoms with E-state index in [2.05, 4.69) is 32.3 Å². The first-order valence-corrected chi connectivity index (χ1v) is 10.8. The molecule has 0 atom stereocenters. The number of nitrogens with one attached hydrogen (secondary N) is 1. The summed E-state index contributed by atoms with van der Waals surface area (Å²) in [5, 5.41) is 12.6. The Hall–Kier alpha value is -4.00. The lowest BCUT2D eigenvalue weighted by Gasteiger charge is -2.15. The van der Waals surface area contributed by atoms with Gasteiger partial charge in [-0.25, -0.2) is 9.37 Å². The Labute approximate surface area is 202 Å². The highest BCUT2D eigenvalue weighted by Gasteiger charge is 2.20. The molecule has 1 amide bonds. The Balaban J connectivity index is 1.92. The van der Waals surface area contributed by atoms with Crippen molar-refractivity contribution in [1.29, 1.82) is 5.26 Å². The summed E-state index contributed by atoms with van der Waals surface area (Å²) >= 11 is 3.45. The average Bonchev–Trinajstić information content (AvgIpc) is 3.37. The van der Waals surface area contributed by atoms with Crippen molar-refractivity contribution in [3.05, 3.63) is 88.5 Å². The second kappa shape index (κ2) is 10.3. The van der Waals surface area contributed by atoms with Gasteiger partial charge in [-0.1, -0.05) is 28.1 Å². The largest absolute Gasteiger partial charge is 0.467 e. The maximum atomic E-state index is 13.9. The Morgan fingerprint density at radius 1 is 1.18 bits per heavy atom. The summed E-state index contributed by atoms with van der Waals surface area (Å²) in [7, 11) is 1.45. The number of amides is 1. The molecule has 170 valence electrons. The number of nitriles is 1. The minimum atomic E-state index is -0.568. The zero-order valence-electron chi connectivity index (χ0n) is 17.8. The van der Waals surface area contributed by atoms with Crippen molar-refractivity contribution >= 4 is 27.7 Å². The van der Waals surface area contributed by atoms with Crippen molar-refractivity contribution in [2.75, 3.05) is 19.2 Å². The molecule has 0 aliphatic rings. The van der Waals surface area contributed by atoms with E-state index in [9.17, 15) is 14.4 Å². The van der Waals surface area contributed by atoms with Crippen molar-refractivity contribution in [2.24, 2.45) is 0 Å². The lowest BCUT2D eigenvalue weighted by atomic mass is 9.98. The smallest absolute Gasteiger partial charge is 0.292 e. The third kappa shape index (κ3) is 4.98. The monoisotopic (exact) mass is 521 g/mol. The lowest BCUT2D eigenvalue weighted by molar-refractivity contribution is 0.0513. The second-order valence-corrected chi connectivity index (χ2v) is 7.94. The standard InChI is InChI=1S/C25H17BrFN3O4/c1-32-14-34-23-11-17(27)7-8-18(23)21-12-19(15-4-2-5-16(26)10-15)20(13-28)24(29-21)30-25(31)22-6-3-9-33-22/h2-12H,14H2,1H3,(H,29,30,31). The molecule has 0 aliphatic heterocycles. The Kier molecular flexibility index (Phi) is 7.01. The first-order valence-electron chi connectivity index (χ1n) is 9.97. The summed E-state index contributed by atoms with van der Waals surface area (Å²) in [5.41, 5.74) is 2.20. The van der Waals surface area contributed by atoms with Gasteiger partial charge in [0, 0.05) is 28.8 Å². The van der Waals surface area contributed by atoms with Crippen LogP contribution in [0.2, 0.25) is 0 Å². The fourth-order valence-corrected chi connectivity index (χ4v) is 3.70. The van der Waals surface area contributed by atoms with Crippen molar-refractivity contribution < 1.29 is 23.1 Å². The molecule has 0 bridgehead atoms. The second-order valence-electron chi connectivity index (χ2n) is 7.02. The number of halogens is 2. The highest BCUT2D eigenvalue weighted by atomic mass is 79.9. The van der Waals surface area contributed by atoms with E-state index in [0.29, 0.717) is 22.4 Å². The molecular formula is C25H17BrFN3O4. The maximum absolute atomic E-state index is 13.9. The molecule has 0 fully saturated rings. The van der Waals surface area contributed by atoms with Gasteiger partial charge in [-0.05, 0) is 48.0 Å². The normalized spacial score (nSPS) is 10.5. The molecule has 0 saturated carbocycles. The summed E-state index contributed by atoms with van der Waals surface area (Å²) in [4.78, 5) is 17.2. The number of furan rings is 1. The van der Waals surface area contributed by atoms with E-state index in [1.54, 1.807) is 12.1 Å². The molecule has 4 aromatic rings. The summed E-state index contributed by atoms with van der Waals surface area (Å²) in [6.07, 6.45) is 1.37. The zero-order chi connectivity index (χ0) is 24.1. The third-order valence-corrected chi connectivity index (χ3v) is 5.29. The fraction of sp³-hybridized carbons (Fsp3) is 0.0800. The van der Waals surface area contributed by atoms with Crippen LogP contribution in [0.1, 0.15) is 16.1 Å². The topological polar surface area (TPSA) is 97.4 Å². The number of hydrogen-bond donors (Lipinski definition) is 1. The molecule has 34 heavy (non-hydrogen) atoms. The van der Waals surface area contributed by atoms with Crippen LogP contribution in [-0.4, -0.2) is 24.8 Å². The Bertz CT molecular complexity index is 1380. The van der Waals surface area contributed by atoms with Gasteiger partial charge < -0.3 is 19.2 Å². The van der Waals surface area contributed by atoms with Crippen molar-refractivity contribution in [1.82, 2.24) is 4.98 Å². The zero-order valence-corrected chi connectivity index (χ0v) is 19.4. The van der Waals surface area contributed by atoms with Crippen LogP contribution >= 0.6 is 15.9 Å². The molecule has 7 nitrogen and oxygen atoms in total. The van der Waals surface area contributed by atoms with Crippen LogP contribution in [0.4, 0.5) is 10.2 Å². The fourth-order valence-electron chi connectivity index (χ4n) is 3.30. The van der Waals surface area contributed by atoms with Crippen LogP contribution in [0, 0.1) is 17.1 Å². The Morgan fingerprint density at radius 3 is 2.74 bits per heavy atom. The average molecular weight is 522 g/mol. The Morgan fingerprint density at radius 2 is 2.03 bits per heavy atom. The minimum Gasteiger partial charge on any atom is -0.467 e. The predicted octanol–water partition coefficient (Wildman–Crippen LogP) is 6.02. The number of carbonyl (C=O) groups is 1. The number of hydrogen-bond acceptors (Lipinski definition) is 6. The molecule has 0 aliphatic carbocycles. The number of pyridine rings is 1. The number of rotatable bonds is 7. The van der Waals surface area contributed by atoms with E-state index in [0.717, 1.165) is 4.47 Å². The number of anilines is 1. The van der Waals surface area contributed by atoms with E-state index in [4.69, 9.17) is 13.9 Å². The first-order chi connectivity index (χ1) is 16.5. The van der Waals surface area contributed by atoms with Crippen LogP contribution in [-0.2, 0) is 4.74 Å². The summed E-state index contributed by atoms with van der Waals surface area (Å²) < 4.78 is 30.4. The lowest BCUT2D eigenvalue weighted by Crippen LogP contribution is -2.14. The van der Waals surface area contributed by atoms with Gasteiger partial charge in [0.2, 0.25) is 0 Å². The van der Waals surface area contributed by atoms with Gasteiger partial charge >= 0.3 is 0 Å². The highest BCUT2D eigenvalue weighted by Crippen LogP contribution is 2.37. The molecule has 0 radical (unpaired) electrons. The molecule has 0 saturated heterocycles. The molecular weight excluding hydrogens is 505 g/mol. The van der Waals surface area contributed by atoms with Gasteiger partial charge in [0.05, 0.1) is 12.0 Å². The third-order valence-electron chi connectivity index (χ3n) is 4.80. The number of methoxy groups -OCH3 is 1. The van der Waals surface area contributed by atoms with E-state index in [1.165, 1.54) is 37.6 Å². The molecule has 2 aromatic heterocycles. The summed E-state index contributed by atoms with van der Waals surface area (Å²) in [6.45, 7) is -0.104. The maximum Gasteiger partial charge on any atom is 0.292 e. The van der Waals surface area contributed by atoms with E-state index in [-0.39, 0.29) is 29.7 Å². The van der Waals surface area contributed by atoms with Crippen LogP contribution in [0.3, 0.4) is 0 Å². The van der Waals surface area contributed by atoms with E-state index < -0.39 is 11.7 Å². The number of ether oxygens (including phenoxy) is 2. The van der Waals surface area contributed by atoms with Crippen molar-refractivity contribution in [2.45, 2.75) is 0 Å². The summed E-state index contributed by atoms with van der Waals surface area (Å²) in [5.74, 6) is -0.782. The van der Waals surface area contributed by atoms with Gasteiger partial charge in [-0.2, -0.15) is 5.26 Å². The van der Waals surface area contributed by atoms with Crippen LogP contribution in [0.25, 0.3) is 22.4 Å². The van der Waals surface area contributed by atoms with Gasteiger partial charge in [0.15, 0.2) is 18.4 Å². The predicted molar refractivity (Wildman–Crippen MR) is 127 cm³/mol. The van der Waals surface area contributed by atoms with Crippen molar-refractivity contribution in [3.8, 4) is 34.2 Å². The number of aromatic nitrogens is 1. The van der Waals surface area contributed by atoms with Crippen LogP contribution in [0.15, 0.2) is 75.8 Å². The van der Waals surface area contributed by atoms with Gasteiger partial charge in [0.1, 0.15) is 23.2 Å². The van der Waals surface area contributed by atoms with E-state index in [1.807, 2.05) is 24.3 Å². The molecule has 9 heteroatoms. The van der Waals surface area contributed by atoms with Gasteiger partial charge in [0.25, 0.3) is 5.91 Å². The highest BCUT2D eigenvalue weighted by molar-refractivity contribution is 9.10.